The lowest BCUT2D eigenvalue weighted by Gasteiger charge is -1.98. The summed E-state index contributed by atoms with van der Waals surface area (Å²) in [6.45, 7) is 4.35. The first-order valence-electron chi connectivity index (χ1n) is 2.73. The van der Waals surface area contributed by atoms with Gasteiger partial charge < -0.3 is 4.74 Å². The van der Waals surface area contributed by atoms with Crippen LogP contribution >= 0.6 is 22.6 Å². The molecule has 0 aromatic rings. The van der Waals surface area contributed by atoms with Crippen molar-refractivity contribution in [3.63, 3.8) is 0 Å². The molecule has 0 spiro atoms. The van der Waals surface area contributed by atoms with Crippen LogP contribution in [0.25, 0.3) is 0 Å². The number of allylic oxidation sites excluding steroid dienone is 1. The van der Waals surface area contributed by atoms with Crippen LogP contribution in [0.2, 0.25) is 0 Å². The smallest absolute Gasteiger partial charge is 0.0683 e. The zero-order valence-electron chi connectivity index (χ0n) is 5.56. The summed E-state index contributed by atoms with van der Waals surface area (Å²) >= 11 is 2.21. The van der Waals surface area contributed by atoms with Gasteiger partial charge in [-0.3, -0.25) is 0 Å². The fourth-order valence-corrected chi connectivity index (χ4v) is 0.940. The van der Waals surface area contributed by atoms with Crippen LogP contribution in [0.15, 0.2) is 22.3 Å². The molecule has 1 nitrogen and oxygen atoms in total. The highest BCUT2D eigenvalue weighted by molar-refractivity contribution is 14.1. The van der Waals surface area contributed by atoms with Crippen molar-refractivity contribution in [3.05, 3.63) is 22.3 Å². The van der Waals surface area contributed by atoms with Crippen molar-refractivity contribution in [2.75, 3.05) is 13.7 Å². The summed E-state index contributed by atoms with van der Waals surface area (Å²) in [5.74, 6) is 0. The normalized spacial score (nSPS) is 11.6. The third kappa shape index (κ3) is 4.66. The Kier molecular flexibility index (Phi) is 6.41. The third-order valence-electron chi connectivity index (χ3n) is 0.891. The molecule has 0 unspecified atom stereocenters. The zero-order chi connectivity index (χ0) is 7.11. The van der Waals surface area contributed by atoms with Crippen molar-refractivity contribution in [1.29, 1.82) is 0 Å². The third-order valence-corrected chi connectivity index (χ3v) is 1.77. The van der Waals surface area contributed by atoms with Crippen molar-refractivity contribution in [1.82, 2.24) is 0 Å². The van der Waals surface area contributed by atoms with Gasteiger partial charge in [0.1, 0.15) is 0 Å². The van der Waals surface area contributed by atoms with Gasteiger partial charge in [-0.25, -0.2) is 0 Å². The quantitative estimate of drug-likeness (QED) is 0.540. The molecule has 9 heavy (non-hydrogen) atoms. The second-order valence-corrected chi connectivity index (χ2v) is 2.32. The van der Waals surface area contributed by atoms with Gasteiger partial charge in [-0.1, -0.05) is 28.7 Å². The molecule has 0 bridgehead atoms. The first kappa shape index (κ1) is 9.17. The van der Waals surface area contributed by atoms with Gasteiger partial charge in [0.2, 0.25) is 0 Å². The predicted molar refractivity (Wildman–Crippen MR) is 48.8 cm³/mol. The molecule has 0 fully saturated rings. The summed E-state index contributed by atoms with van der Waals surface area (Å²) < 4.78 is 6.96. The lowest BCUT2D eigenvalue weighted by atomic mass is 10.2. The maximum atomic E-state index is 4.93. The lowest BCUT2D eigenvalue weighted by Crippen LogP contribution is -1.91. The van der Waals surface area contributed by atoms with E-state index in [-0.39, 0.29) is 0 Å². The van der Waals surface area contributed by atoms with E-state index >= 15 is 0 Å². The molecule has 0 aliphatic heterocycles. The molecule has 0 rings (SSSR count). The Labute approximate surface area is 69.9 Å². The molecule has 0 atom stereocenters. The highest BCUT2D eigenvalue weighted by Crippen LogP contribution is 2.04. The molecule has 2 heteroatoms. The first-order valence-corrected chi connectivity index (χ1v) is 3.97. The average Bonchev–Trinajstić information content (AvgIpc) is 1.88. The minimum absolute atomic E-state index is 0.717. The number of halogens is 1. The van der Waals surface area contributed by atoms with Gasteiger partial charge in [0.25, 0.3) is 0 Å². The zero-order valence-corrected chi connectivity index (χ0v) is 7.72. The van der Waals surface area contributed by atoms with E-state index in [1.807, 2.05) is 10.2 Å². The number of ether oxygens (including phenoxy) is 1. The summed E-state index contributed by atoms with van der Waals surface area (Å²) in [4.78, 5) is 0. The summed E-state index contributed by atoms with van der Waals surface area (Å²) in [5.41, 5.74) is 1.27. The van der Waals surface area contributed by atoms with E-state index in [9.17, 15) is 0 Å². The van der Waals surface area contributed by atoms with E-state index in [0.29, 0.717) is 0 Å². The molecule has 0 saturated heterocycles. The van der Waals surface area contributed by atoms with E-state index in [4.69, 9.17) is 4.74 Å². The molecule has 0 saturated carbocycles. The number of rotatable bonds is 4. The number of hydrogen-bond donors (Lipinski definition) is 0. The Hall–Kier alpha value is 0.170. The monoisotopic (exact) mass is 238 g/mol. The Bertz CT molecular complexity index is 107. The van der Waals surface area contributed by atoms with E-state index in [1.54, 1.807) is 7.11 Å². The van der Waals surface area contributed by atoms with Crippen LogP contribution in [0.5, 0.6) is 0 Å². The van der Waals surface area contributed by atoms with Gasteiger partial charge in [0.05, 0.1) is 6.61 Å². The number of methoxy groups -OCH3 is 1. The van der Waals surface area contributed by atoms with Gasteiger partial charge in [-0.15, -0.1) is 6.58 Å². The SMILES string of the molecule is C=CC/C(=C/I)COC. The minimum atomic E-state index is 0.717. The molecule has 0 aliphatic rings. The summed E-state index contributed by atoms with van der Waals surface area (Å²) in [6, 6.07) is 0. The minimum Gasteiger partial charge on any atom is -0.380 e. The largest absolute Gasteiger partial charge is 0.380 e. The van der Waals surface area contributed by atoms with Crippen molar-refractivity contribution >= 4 is 22.6 Å². The van der Waals surface area contributed by atoms with Crippen LogP contribution in [0.4, 0.5) is 0 Å². The van der Waals surface area contributed by atoms with Crippen LogP contribution in [-0.4, -0.2) is 13.7 Å². The Morgan fingerprint density at radius 2 is 2.44 bits per heavy atom. The van der Waals surface area contributed by atoms with Crippen LogP contribution in [0.1, 0.15) is 6.42 Å². The van der Waals surface area contributed by atoms with Gasteiger partial charge in [-0.2, -0.15) is 0 Å². The molecule has 0 aromatic carbocycles. The maximum Gasteiger partial charge on any atom is 0.0683 e. The molecule has 52 valence electrons. The summed E-state index contributed by atoms with van der Waals surface area (Å²) in [6.07, 6.45) is 2.81. The predicted octanol–water partition coefficient (Wildman–Crippen LogP) is 2.53. The first-order chi connectivity index (χ1) is 4.35. The summed E-state index contributed by atoms with van der Waals surface area (Å²) in [5, 5.41) is 0. The summed E-state index contributed by atoms with van der Waals surface area (Å²) in [7, 11) is 1.70. The van der Waals surface area contributed by atoms with E-state index < -0.39 is 0 Å². The van der Waals surface area contributed by atoms with E-state index in [2.05, 4.69) is 29.2 Å². The fourth-order valence-electron chi connectivity index (χ4n) is 0.506. The maximum absolute atomic E-state index is 4.93. The standard InChI is InChI=1S/C7H11IO/c1-3-4-7(5-8)6-9-2/h3,5H,1,4,6H2,2H3/b7-5-. The number of hydrogen-bond acceptors (Lipinski definition) is 1. The topological polar surface area (TPSA) is 9.23 Å². The van der Waals surface area contributed by atoms with Gasteiger partial charge >= 0.3 is 0 Å². The Morgan fingerprint density at radius 3 is 2.78 bits per heavy atom. The van der Waals surface area contributed by atoms with Crippen molar-refractivity contribution < 1.29 is 4.74 Å². The van der Waals surface area contributed by atoms with Crippen LogP contribution in [-0.2, 0) is 4.74 Å². The second kappa shape index (κ2) is 6.29. The molecule has 0 radical (unpaired) electrons. The van der Waals surface area contributed by atoms with Gasteiger partial charge in [-0.05, 0) is 16.1 Å². The molecule has 0 heterocycles. The van der Waals surface area contributed by atoms with Crippen LogP contribution < -0.4 is 0 Å². The van der Waals surface area contributed by atoms with Gasteiger partial charge in [0.15, 0.2) is 0 Å². The Morgan fingerprint density at radius 1 is 1.78 bits per heavy atom. The molecule has 0 N–H and O–H groups in total. The molecule has 0 amide bonds. The van der Waals surface area contributed by atoms with E-state index in [0.717, 1.165) is 13.0 Å². The lowest BCUT2D eigenvalue weighted by molar-refractivity contribution is 0.224. The highest BCUT2D eigenvalue weighted by atomic mass is 127. The van der Waals surface area contributed by atoms with Crippen LogP contribution in [0.3, 0.4) is 0 Å². The van der Waals surface area contributed by atoms with Crippen LogP contribution in [0, 0.1) is 0 Å². The average molecular weight is 238 g/mol. The van der Waals surface area contributed by atoms with Crippen molar-refractivity contribution in [2.45, 2.75) is 6.42 Å². The highest BCUT2D eigenvalue weighted by Gasteiger charge is 1.89. The van der Waals surface area contributed by atoms with E-state index in [1.165, 1.54) is 5.57 Å². The Balaban J connectivity index is 3.55. The molecule has 0 aliphatic carbocycles. The molecule has 0 aromatic heterocycles. The van der Waals surface area contributed by atoms with Gasteiger partial charge in [0, 0.05) is 7.11 Å². The molecular formula is C7H11IO. The fraction of sp³-hybridized carbons (Fsp3) is 0.429. The van der Waals surface area contributed by atoms with Crippen molar-refractivity contribution in [3.8, 4) is 0 Å². The molecular weight excluding hydrogens is 227 g/mol. The van der Waals surface area contributed by atoms with Crippen molar-refractivity contribution in [2.24, 2.45) is 0 Å². The second-order valence-electron chi connectivity index (χ2n) is 1.69.